The van der Waals surface area contributed by atoms with Crippen LogP contribution in [0.25, 0.3) is 11.3 Å². The molecule has 3 rings (SSSR count). The molecule has 0 aliphatic heterocycles. The summed E-state index contributed by atoms with van der Waals surface area (Å²) < 4.78 is 0. The molecule has 0 fully saturated rings. The quantitative estimate of drug-likeness (QED) is 0.511. The van der Waals surface area contributed by atoms with Crippen LogP contribution >= 0.6 is 22.9 Å². The normalized spacial score (nSPS) is 10.7. The molecule has 0 saturated heterocycles. The number of hydrogen-bond acceptors (Lipinski definition) is 5. The monoisotopic (exact) mass is 384 g/mol. The molecule has 0 radical (unpaired) electrons. The smallest absolute Gasteiger partial charge is 0.164 e. The minimum Gasteiger partial charge on any atom is -0.299 e. The first kappa shape index (κ1) is 18.4. The minimum absolute atomic E-state index is 0.0310. The van der Waals surface area contributed by atoms with Crippen molar-refractivity contribution in [1.82, 2.24) is 9.97 Å². The van der Waals surface area contributed by atoms with Crippen molar-refractivity contribution >= 4 is 34.5 Å². The standard InChI is InChI=1S/C20H17ClN2O2S/c21-17-8-2-1-7-16(17)19(25)9-3-6-15(24)11-20-23-18(13-26-20)14-5-4-10-22-12-14/h1-2,4-5,7-8,10,12-13H,3,6,9,11H2. The molecule has 1 aromatic carbocycles. The highest BCUT2D eigenvalue weighted by atomic mass is 35.5. The Balaban J connectivity index is 1.48. The van der Waals surface area contributed by atoms with Gasteiger partial charge >= 0.3 is 0 Å². The predicted octanol–water partition coefficient (Wildman–Crippen LogP) is 5.02. The molecular formula is C20H17ClN2O2S. The van der Waals surface area contributed by atoms with Crippen molar-refractivity contribution in [2.45, 2.75) is 25.7 Å². The van der Waals surface area contributed by atoms with Crippen LogP contribution in [0.5, 0.6) is 0 Å². The molecule has 3 aromatic rings. The number of Topliss-reactive ketones (excluding diaryl/α,β-unsaturated/α-hetero) is 2. The van der Waals surface area contributed by atoms with Gasteiger partial charge in [-0.25, -0.2) is 4.98 Å². The summed E-state index contributed by atoms with van der Waals surface area (Å²) in [6.45, 7) is 0. The Hall–Kier alpha value is -2.37. The van der Waals surface area contributed by atoms with Gasteiger partial charge in [0, 0.05) is 41.7 Å². The average molecular weight is 385 g/mol. The Morgan fingerprint density at radius 1 is 1.08 bits per heavy atom. The van der Waals surface area contributed by atoms with Gasteiger partial charge in [-0.2, -0.15) is 0 Å². The average Bonchev–Trinajstić information content (AvgIpc) is 3.11. The lowest BCUT2D eigenvalue weighted by atomic mass is 10.0. The van der Waals surface area contributed by atoms with Crippen LogP contribution in [0.15, 0.2) is 54.2 Å². The first-order valence-electron chi connectivity index (χ1n) is 8.27. The number of rotatable bonds is 8. The van der Waals surface area contributed by atoms with E-state index in [1.165, 1.54) is 11.3 Å². The fraction of sp³-hybridized carbons (Fsp3) is 0.200. The number of hydrogen-bond donors (Lipinski definition) is 0. The van der Waals surface area contributed by atoms with Gasteiger partial charge in [-0.05, 0) is 30.7 Å². The molecule has 0 aliphatic carbocycles. The molecule has 0 aliphatic rings. The van der Waals surface area contributed by atoms with Gasteiger partial charge in [0.05, 0.1) is 17.1 Å². The lowest BCUT2D eigenvalue weighted by Crippen LogP contribution is -2.05. The van der Waals surface area contributed by atoms with E-state index in [2.05, 4.69) is 9.97 Å². The second-order valence-corrected chi connectivity index (χ2v) is 7.19. The minimum atomic E-state index is -0.0310. The largest absolute Gasteiger partial charge is 0.299 e. The number of halogens is 1. The Labute approximate surface area is 160 Å². The number of ketones is 2. The Morgan fingerprint density at radius 3 is 2.69 bits per heavy atom. The van der Waals surface area contributed by atoms with Gasteiger partial charge in [-0.15, -0.1) is 11.3 Å². The van der Waals surface area contributed by atoms with Crippen LogP contribution in [0, 0.1) is 0 Å². The van der Waals surface area contributed by atoms with Gasteiger partial charge in [-0.3, -0.25) is 14.6 Å². The third kappa shape index (κ3) is 4.84. The molecule has 0 N–H and O–H groups in total. The maximum atomic E-state index is 12.2. The van der Waals surface area contributed by atoms with Crippen molar-refractivity contribution in [2.75, 3.05) is 0 Å². The first-order valence-corrected chi connectivity index (χ1v) is 9.53. The molecule has 6 heteroatoms. The van der Waals surface area contributed by atoms with E-state index in [9.17, 15) is 9.59 Å². The summed E-state index contributed by atoms with van der Waals surface area (Å²) in [7, 11) is 0. The lowest BCUT2D eigenvalue weighted by molar-refractivity contribution is -0.118. The Morgan fingerprint density at radius 2 is 1.92 bits per heavy atom. The zero-order chi connectivity index (χ0) is 18.4. The molecule has 2 aromatic heterocycles. The summed E-state index contributed by atoms with van der Waals surface area (Å²) in [5.41, 5.74) is 2.29. The van der Waals surface area contributed by atoms with Gasteiger partial charge in [0.1, 0.15) is 10.8 Å². The molecule has 0 spiro atoms. The van der Waals surface area contributed by atoms with Crippen molar-refractivity contribution in [2.24, 2.45) is 0 Å². The fourth-order valence-corrected chi connectivity index (χ4v) is 3.64. The fourth-order valence-electron chi connectivity index (χ4n) is 2.56. The van der Waals surface area contributed by atoms with Crippen LogP contribution in [0.4, 0.5) is 0 Å². The Kier molecular flexibility index (Phi) is 6.26. The van der Waals surface area contributed by atoms with E-state index in [4.69, 9.17) is 11.6 Å². The highest BCUT2D eigenvalue weighted by Gasteiger charge is 2.12. The highest BCUT2D eigenvalue weighted by Crippen LogP contribution is 2.22. The highest BCUT2D eigenvalue weighted by molar-refractivity contribution is 7.10. The van der Waals surface area contributed by atoms with Crippen molar-refractivity contribution < 1.29 is 9.59 Å². The predicted molar refractivity (Wildman–Crippen MR) is 104 cm³/mol. The zero-order valence-corrected chi connectivity index (χ0v) is 15.6. The number of thiazole rings is 1. The van der Waals surface area contributed by atoms with Gasteiger partial charge in [0.2, 0.25) is 0 Å². The number of nitrogens with zero attached hydrogens (tertiary/aromatic N) is 2. The van der Waals surface area contributed by atoms with Crippen molar-refractivity contribution in [3.63, 3.8) is 0 Å². The topological polar surface area (TPSA) is 59.9 Å². The number of carbonyl (C=O) groups is 2. The van der Waals surface area contributed by atoms with Crippen LogP contribution in [0.1, 0.15) is 34.6 Å². The van der Waals surface area contributed by atoms with Crippen LogP contribution < -0.4 is 0 Å². The van der Waals surface area contributed by atoms with Crippen LogP contribution in [-0.2, 0) is 11.2 Å². The summed E-state index contributed by atoms with van der Waals surface area (Å²) in [6, 6.07) is 10.8. The zero-order valence-electron chi connectivity index (χ0n) is 14.0. The third-order valence-corrected chi connectivity index (χ3v) is 5.07. The Bertz CT molecular complexity index is 909. The molecule has 0 saturated carbocycles. The van der Waals surface area contributed by atoms with E-state index in [0.717, 1.165) is 16.3 Å². The van der Waals surface area contributed by atoms with E-state index >= 15 is 0 Å². The van der Waals surface area contributed by atoms with Crippen LogP contribution in [0.3, 0.4) is 0 Å². The molecule has 4 nitrogen and oxygen atoms in total. The number of benzene rings is 1. The molecular weight excluding hydrogens is 368 g/mol. The molecule has 2 heterocycles. The summed E-state index contributed by atoms with van der Waals surface area (Å²) >= 11 is 7.49. The molecule has 132 valence electrons. The second kappa shape index (κ2) is 8.83. The summed E-state index contributed by atoms with van der Waals surface area (Å²) in [4.78, 5) is 32.9. The van der Waals surface area contributed by atoms with Crippen molar-refractivity contribution in [3.8, 4) is 11.3 Å². The third-order valence-electron chi connectivity index (χ3n) is 3.89. The molecule has 0 amide bonds. The van der Waals surface area contributed by atoms with Gasteiger partial charge in [0.25, 0.3) is 0 Å². The van der Waals surface area contributed by atoms with E-state index in [1.54, 1.807) is 36.7 Å². The summed E-state index contributed by atoms with van der Waals surface area (Å²) in [6.07, 6.45) is 4.95. The number of pyridine rings is 1. The summed E-state index contributed by atoms with van der Waals surface area (Å²) in [5.74, 6) is 0.0561. The number of aromatic nitrogens is 2. The maximum absolute atomic E-state index is 12.2. The number of carbonyl (C=O) groups excluding carboxylic acids is 2. The molecule has 0 bridgehead atoms. The van der Waals surface area contributed by atoms with Gasteiger partial charge < -0.3 is 0 Å². The van der Waals surface area contributed by atoms with E-state index in [-0.39, 0.29) is 11.6 Å². The molecule has 26 heavy (non-hydrogen) atoms. The SMILES string of the molecule is O=C(CCCC(=O)c1ccccc1Cl)Cc1nc(-c2cccnc2)cs1. The first-order chi connectivity index (χ1) is 12.6. The second-order valence-electron chi connectivity index (χ2n) is 5.84. The van der Waals surface area contributed by atoms with Gasteiger partial charge in [-0.1, -0.05) is 23.7 Å². The maximum Gasteiger partial charge on any atom is 0.164 e. The molecule has 0 atom stereocenters. The summed E-state index contributed by atoms with van der Waals surface area (Å²) in [5, 5.41) is 3.17. The van der Waals surface area contributed by atoms with Crippen LogP contribution in [-0.4, -0.2) is 21.5 Å². The van der Waals surface area contributed by atoms with E-state index < -0.39 is 0 Å². The van der Waals surface area contributed by atoms with Crippen molar-refractivity contribution in [3.05, 3.63) is 69.8 Å². The van der Waals surface area contributed by atoms with Crippen LogP contribution in [0.2, 0.25) is 5.02 Å². The lowest BCUT2D eigenvalue weighted by Gasteiger charge is -2.03. The van der Waals surface area contributed by atoms with E-state index in [0.29, 0.717) is 36.3 Å². The molecule has 0 unspecified atom stereocenters. The van der Waals surface area contributed by atoms with Crippen molar-refractivity contribution in [1.29, 1.82) is 0 Å². The van der Waals surface area contributed by atoms with Gasteiger partial charge in [0.15, 0.2) is 5.78 Å². The van der Waals surface area contributed by atoms with E-state index in [1.807, 2.05) is 17.5 Å².